The predicted octanol–water partition coefficient (Wildman–Crippen LogP) is 1.78. The van der Waals surface area contributed by atoms with Crippen molar-refractivity contribution in [3.8, 4) is 5.75 Å². The highest BCUT2D eigenvalue weighted by Gasteiger charge is 2.55. The van der Waals surface area contributed by atoms with Crippen molar-refractivity contribution in [2.45, 2.75) is 25.8 Å². The average Bonchev–Trinajstić information content (AvgIpc) is 3.04. The fraction of sp³-hybridized carbons (Fsp3) is 0.524. The van der Waals surface area contributed by atoms with Crippen molar-refractivity contribution in [2.75, 3.05) is 33.8 Å². The summed E-state index contributed by atoms with van der Waals surface area (Å²) >= 11 is 0. The summed E-state index contributed by atoms with van der Waals surface area (Å²) in [6.07, 6.45) is 2.05. The zero-order valence-corrected chi connectivity index (χ0v) is 16.3. The topological polar surface area (TPSA) is 70.7 Å². The first-order valence-electron chi connectivity index (χ1n) is 9.59. The number of likely N-dealkylation sites (tertiary alicyclic amines) is 1. The summed E-state index contributed by atoms with van der Waals surface area (Å²) in [4.78, 5) is 27.6. The summed E-state index contributed by atoms with van der Waals surface area (Å²) in [5.74, 6) is 1.47. The summed E-state index contributed by atoms with van der Waals surface area (Å²) in [7, 11) is 3.71. The maximum atomic E-state index is 12.9. The Bertz CT molecular complexity index is 820. The molecule has 1 aromatic carbocycles. The van der Waals surface area contributed by atoms with Crippen LogP contribution in [0.5, 0.6) is 5.75 Å². The number of carbonyl (C=O) groups is 2. The Morgan fingerprint density at radius 3 is 2.56 bits per heavy atom. The molecule has 0 bridgehead atoms. The Morgan fingerprint density at radius 2 is 1.93 bits per heavy atom. The van der Waals surface area contributed by atoms with E-state index in [2.05, 4.69) is 35.6 Å². The van der Waals surface area contributed by atoms with Crippen LogP contribution in [0.2, 0.25) is 0 Å². The number of ether oxygens (including phenoxy) is 1. The molecule has 4 rings (SSSR count). The van der Waals surface area contributed by atoms with Gasteiger partial charge in [-0.2, -0.15) is 0 Å². The van der Waals surface area contributed by atoms with Crippen molar-refractivity contribution in [3.63, 3.8) is 0 Å². The molecule has 2 fully saturated rings. The molecule has 2 heterocycles. The van der Waals surface area contributed by atoms with E-state index in [9.17, 15) is 9.59 Å². The molecule has 1 aromatic rings. The van der Waals surface area contributed by atoms with E-state index in [1.807, 2.05) is 13.0 Å². The lowest BCUT2D eigenvalue weighted by Crippen LogP contribution is -2.33. The molecule has 144 valence electrons. The van der Waals surface area contributed by atoms with E-state index in [0.29, 0.717) is 35.3 Å². The third kappa shape index (κ3) is 3.02. The van der Waals surface area contributed by atoms with Gasteiger partial charge >= 0.3 is 0 Å². The Kier molecular flexibility index (Phi) is 4.46. The lowest BCUT2D eigenvalue weighted by molar-refractivity contribution is 0.0944. The molecule has 1 saturated carbocycles. The first kappa shape index (κ1) is 18.0. The van der Waals surface area contributed by atoms with Gasteiger partial charge in [0.1, 0.15) is 5.75 Å². The highest BCUT2D eigenvalue weighted by molar-refractivity contribution is 6.02. The van der Waals surface area contributed by atoms with Gasteiger partial charge in [0.25, 0.3) is 11.8 Å². The summed E-state index contributed by atoms with van der Waals surface area (Å²) in [5, 5.41) is 5.83. The van der Waals surface area contributed by atoms with Crippen LogP contribution in [0, 0.1) is 11.8 Å². The maximum Gasteiger partial charge on any atom is 0.254 e. The summed E-state index contributed by atoms with van der Waals surface area (Å²) in [6, 6.07) is 3.81. The first-order chi connectivity index (χ1) is 12.9. The van der Waals surface area contributed by atoms with Gasteiger partial charge in [-0.15, -0.1) is 0 Å². The molecule has 1 aliphatic carbocycles. The van der Waals surface area contributed by atoms with Crippen molar-refractivity contribution in [3.05, 3.63) is 40.5 Å². The minimum atomic E-state index is -0.232. The van der Waals surface area contributed by atoms with E-state index in [-0.39, 0.29) is 23.8 Å². The van der Waals surface area contributed by atoms with Gasteiger partial charge in [0.15, 0.2) is 0 Å². The van der Waals surface area contributed by atoms with Crippen LogP contribution in [-0.4, -0.2) is 56.5 Å². The number of fused-ring (bicyclic) bond motifs is 2. The van der Waals surface area contributed by atoms with Gasteiger partial charge in [-0.25, -0.2) is 0 Å². The lowest BCUT2D eigenvalue weighted by atomic mass is 9.90. The minimum absolute atomic E-state index is 0.0788. The van der Waals surface area contributed by atoms with Gasteiger partial charge in [0, 0.05) is 43.2 Å². The van der Waals surface area contributed by atoms with Crippen LogP contribution < -0.4 is 15.4 Å². The molecule has 3 aliphatic rings. The molecule has 3 unspecified atom stereocenters. The summed E-state index contributed by atoms with van der Waals surface area (Å²) < 4.78 is 5.85. The van der Waals surface area contributed by atoms with E-state index in [1.165, 1.54) is 5.57 Å². The van der Waals surface area contributed by atoms with Gasteiger partial charge in [0.05, 0.1) is 12.2 Å². The maximum absolute atomic E-state index is 12.9. The van der Waals surface area contributed by atoms with Gasteiger partial charge in [-0.3, -0.25) is 9.59 Å². The molecule has 0 aromatic heterocycles. The third-order valence-corrected chi connectivity index (χ3v) is 6.30. The van der Waals surface area contributed by atoms with E-state index < -0.39 is 0 Å². The number of benzene rings is 1. The summed E-state index contributed by atoms with van der Waals surface area (Å²) in [5.41, 5.74) is 3.06. The largest absolute Gasteiger partial charge is 0.491 e. The quantitative estimate of drug-likeness (QED) is 0.794. The van der Waals surface area contributed by atoms with Crippen LogP contribution in [0.15, 0.2) is 23.8 Å². The standard InChI is InChI=1S/C21H27N3O3/c1-5-11(2)17-10-27-19-13(17)6-12(7-14(19)21(26)22-3)20(25)23-18-15-8-24(4)9-16(15)18/h5-7,15-18H,8-10H2,1-4H3,(H,22,26)(H,23,25)/b11-5+. The second-order valence-corrected chi connectivity index (χ2v) is 7.97. The first-order valence-corrected chi connectivity index (χ1v) is 9.59. The normalized spacial score (nSPS) is 29.0. The monoisotopic (exact) mass is 369 g/mol. The number of hydrogen-bond acceptors (Lipinski definition) is 4. The molecule has 0 spiro atoms. The molecule has 6 heteroatoms. The zero-order chi connectivity index (χ0) is 19.3. The Hall–Kier alpha value is -2.34. The Labute approximate surface area is 159 Å². The summed E-state index contributed by atoms with van der Waals surface area (Å²) in [6.45, 7) is 6.63. The number of piperidine rings is 1. The zero-order valence-electron chi connectivity index (χ0n) is 16.3. The molecular formula is C21H27N3O3. The van der Waals surface area contributed by atoms with Gasteiger partial charge in [-0.1, -0.05) is 11.6 Å². The van der Waals surface area contributed by atoms with Gasteiger partial charge in [0.2, 0.25) is 0 Å². The molecular weight excluding hydrogens is 342 g/mol. The highest BCUT2D eigenvalue weighted by atomic mass is 16.5. The lowest BCUT2D eigenvalue weighted by Gasteiger charge is -2.15. The second-order valence-electron chi connectivity index (χ2n) is 7.97. The smallest absolute Gasteiger partial charge is 0.254 e. The number of hydrogen-bond donors (Lipinski definition) is 2. The fourth-order valence-corrected chi connectivity index (χ4v) is 4.53. The van der Waals surface area contributed by atoms with Crippen LogP contribution in [0.1, 0.15) is 46.0 Å². The van der Waals surface area contributed by atoms with E-state index >= 15 is 0 Å². The second kappa shape index (κ2) is 6.68. The van der Waals surface area contributed by atoms with Crippen LogP contribution in [-0.2, 0) is 0 Å². The number of rotatable bonds is 4. The predicted molar refractivity (Wildman–Crippen MR) is 103 cm³/mol. The van der Waals surface area contributed by atoms with Crippen LogP contribution in [0.25, 0.3) is 0 Å². The SMILES string of the molecule is C/C=C(\C)C1COc2c(C(=O)NC)cc(C(=O)NC3C4CN(C)CC43)cc21. The molecule has 2 amide bonds. The van der Waals surface area contributed by atoms with Crippen LogP contribution in [0.3, 0.4) is 0 Å². The van der Waals surface area contributed by atoms with Gasteiger partial charge < -0.3 is 20.3 Å². The highest BCUT2D eigenvalue weighted by Crippen LogP contribution is 2.45. The van der Waals surface area contributed by atoms with E-state index in [4.69, 9.17) is 4.74 Å². The van der Waals surface area contributed by atoms with Crippen molar-refractivity contribution in [2.24, 2.45) is 11.8 Å². The number of nitrogens with zero attached hydrogens (tertiary/aromatic N) is 1. The molecule has 1 saturated heterocycles. The Morgan fingerprint density at radius 1 is 1.22 bits per heavy atom. The van der Waals surface area contributed by atoms with Crippen LogP contribution in [0.4, 0.5) is 0 Å². The third-order valence-electron chi connectivity index (χ3n) is 6.30. The van der Waals surface area contributed by atoms with Crippen molar-refractivity contribution < 1.29 is 14.3 Å². The number of carbonyl (C=O) groups excluding carboxylic acids is 2. The van der Waals surface area contributed by atoms with Gasteiger partial charge in [-0.05, 0) is 44.9 Å². The number of nitrogens with one attached hydrogen (secondary N) is 2. The fourth-order valence-electron chi connectivity index (χ4n) is 4.53. The molecule has 27 heavy (non-hydrogen) atoms. The van der Waals surface area contributed by atoms with Crippen molar-refractivity contribution in [1.82, 2.24) is 15.5 Å². The molecule has 2 aliphatic heterocycles. The van der Waals surface area contributed by atoms with E-state index in [0.717, 1.165) is 18.7 Å². The average molecular weight is 369 g/mol. The number of amides is 2. The van der Waals surface area contributed by atoms with Crippen molar-refractivity contribution in [1.29, 1.82) is 0 Å². The molecule has 3 atom stereocenters. The molecule has 6 nitrogen and oxygen atoms in total. The molecule has 0 radical (unpaired) electrons. The van der Waals surface area contributed by atoms with E-state index in [1.54, 1.807) is 13.1 Å². The van der Waals surface area contributed by atoms with Crippen LogP contribution >= 0.6 is 0 Å². The Balaban J connectivity index is 1.63. The minimum Gasteiger partial charge on any atom is -0.491 e. The van der Waals surface area contributed by atoms with Crippen molar-refractivity contribution >= 4 is 11.8 Å². The molecule has 2 N–H and O–H groups in total. The number of allylic oxidation sites excluding steroid dienone is 1.